The Bertz CT molecular complexity index is 532. The molecule has 1 saturated heterocycles. The molecule has 2 fully saturated rings. The number of rotatable bonds is 5. The maximum Gasteiger partial charge on any atom is 0.226 e. The molecule has 1 aliphatic heterocycles. The van der Waals surface area contributed by atoms with Gasteiger partial charge in [-0.25, -0.2) is 4.39 Å². The smallest absolute Gasteiger partial charge is 0.226 e. The molecule has 2 aliphatic rings. The molecular formula is C17H24ClFN2O2. The molecule has 1 spiro atoms. The van der Waals surface area contributed by atoms with Crippen LogP contribution in [0.2, 0.25) is 0 Å². The summed E-state index contributed by atoms with van der Waals surface area (Å²) in [4.78, 5) is 14.2. The van der Waals surface area contributed by atoms with E-state index in [9.17, 15) is 9.18 Å². The molecule has 1 saturated carbocycles. The average molecular weight is 343 g/mol. The number of ether oxygens (including phenoxy) is 1. The van der Waals surface area contributed by atoms with Gasteiger partial charge in [0.05, 0.1) is 6.54 Å². The van der Waals surface area contributed by atoms with Crippen LogP contribution in [0.1, 0.15) is 19.3 Å². The van der Waals surface area contributed by atoms with Gasteiger partial charge in [-0.2, -0.15) is 0 Å². The Morgan fingerprint density at radius 1 is 1.35 bits per heavy atom. The van der Waals surface area contributed by atoms with Gasteiger partial charge in [0.25, 0.3) is 0 Å². The average Bonchev–Trinajstić information content (AvgIpc) is 3.22. The summed E-state index contributed by atoms with van der Waals surface area (Å²) in [6, 6.07) is 5.94. The van der Waals surface area contributed by atoms with Gasteiger partial charge in [-0.1, -0.05) is 0 Å². The van der Waals surface area contributed by atoms with Crippen LogP contribution < -0.4 is 10.1 Å². The molecule has 3 rings (SSSR count). The van der Waals surface area contributed by atoms with Crippen molar-refractivity contribution in [3.8, 4) is 5.75 Å². The lowest BCUT2D eigenvalue weighted by Gasteiger charge is -2.25. The summed E-state index contributed by atoms with van der Waals surface area (Å²) in [5.41, 5.74) is 0.272. The Morgan fingerprint density at radius 2 is 2.00 bits per heavy atom. The Balaban J connectivity index is 0.00000192. The van der Waals surface area contributed by atoms with E-state index in [-0.39, 0.29) is 35.5 Å². The number of hydrogen-bond acceptors (Lipinski definition) is 3. The van der Waals surface area contributed by atoms with E-state index in [2.05, 4.69) is 5.32 Å². The topological polar surface area (TPSA) is 41.6 Å². The maximum atomic E-state index is 12.8. The molecule has 6 heteroatoms. The lowest BCUT2D eigenvalue weighted by molar-refractivity contribution is -0.132. The van der Waals surface area contributed by atoms with Crippen LogP contribution in [0, 0.1) is 17.2 Å². The molecule has 0 bridgehead atoms. The highest BCUT2D eigenvalue weighted by Crippen LogP contribution is 2.59. The number of halogens is 2. The minimum atomic E-state index is -0.277. The van der Waals surface area contributed by atoms with Crippen molar-refractivity contribution in [2.75, 3.05) is 33.3 Å². The molecule has 128 valence electrons. The molecule has 23 heavy (non-hydrogen) atoms. The molecule has 1 amide bonds. The zero-order chi connectivity index (χ0) is 15.6. The Morgan fingerprint density at radius 3 is 2.65 bits per heavy atom. The number of carbonyl (C=O) groups excluding carboxylic acids is 1. The van der Waals surface area contributed by atoms with Crippen molar-refractivity contribution in [3.05, 3.63) is 30.1 Å². The zero-order valence-corrected chi connectivity index (χ0v) is 14.2. The molecule has 1 heterocycles. The van der Waals surface area contributed by atoms with E-state index < -0.39 is 0 Å². The number of nitrogens with one attached hydrogen (secondary N) is 1. The molecule has 1 unspecified atom stereocenters. The van der Waals surface area contributed by atoms with Crippen LogP contribution in [-0.4, -0.2) is 44.1 Å². The van der Waals surface area contributed by atoms with E-state index in [0.717, 1.165) is 32.4 Å². The fourth-order valence-corrected chi connectivity index (χ4v) is 3.38. The maximum absolute atomic E-state index is 12.8. The molecule has 1 N–H and O–H groups in total. The van der Waals surface area contributed by atoms with Crippen LogP contribution in [0.3, 0.4) is 0 Å². The van der Waals surface area contributed by atoms with Crippen molar-refractivity contribution < 1.29 is 13.9 Å². The van der Waals surface area contributed by atoms with Gasteiger partial charge in [0.15, 0.2) is 0 Å². The highest BCUT2D eigenvalue weighted by Gasteiger charge is 2.58. The molecule has 1 aromatic rings. The highest BCUT2D eigenvalue weighted by atomic mass is 35.5. The number of carbonyl (C=O) groups is 1. The van der Waals surface area contributed by atoms with Gasteiger partial charge in [-0.15, -0.1) is 12.4 Å². The minimum Gasteiger partial charge on any atom is -0.492 e. The van der Waals surface area contributed by atoms with E-state index in [4.69, 9.17) is 4.74 Å². The largest absolute Gasteiger partial charge is 0.492 e. The second kappa shape index (κ2) is 7.49. The third-order valence-corrected chi connectivity index (χ3v) is 4.97. The molecule has 0 aromatic heterocycles. The van der Waals surface area contributed by atoms with Gasteiger partial charge in [0.1, 0.15) is 18.2 Å². The number of amides is 1. The van der Waals surface area contributed by atoms with E-state index in [0.29, 0.717) is 18.9 Å². The Labute approximate surface area is 142 Å². The summed E-state index contributed by atoms with van der Waals surface area (Å²) in [7, 11) is 1.84. The first-order valence-electron chi connectivity index (χ1n) is 7.95. The van der Waals surface area contributed by atoms with Gasteiger partial charge in [0, 0.05) is 13.0 Å². The van der Waals surface area contributed by atoms with Crippen LogP contribution >= 0.6 is 12.4 Å². The first-order valence-corrected chi connectivity index (χ1v) is 7.95. The van der Waals surface area contributed by atoms with Gasteiger partial charge in [0.2, 0.25) is 5.91 Å². The standard InChI is InChI=1S/C17H23FN2O2.ClH/c1-20(10-11-22-14-4-2-13(18)3-5-14)16(21)15-12-17(15)6-8-19-9-7-17;/h2-5,15,19H,6-12H2,1H3;1H. The van der Waals surface area contributed by atoms with Gasteiger partial charge >= 0.3 is 0 Å². The first kappa shape index (κ1) is 18.0. The van der Waals surface area contributed by atoms with Crippen molar-refractivity contribution in [2.45, 2.75) is 19.3 Å². The second-order valence-electron chi connectivity index (χ2n) is 6.43. The fourth-order valence-electron chi connectivity index (χ4n) is 3.38. The van der Waals surface area contributed by atoms with Crippen LogP contribution in [0.25, 0.3) is 0 Å². The summed E-state index contributed by atoms with van der Waals surface area (Å²) >= 11 is 0. The van der Waals surface area contributed by atoms with Crippen molar-refractivity contribution in [3.63, 3.8) is 0 Å². The van der Waals surface area contributed by atoms with Crippen molar-refractivity contribution in [2.24, 2.45) is 11.3 Å². The molecular weight excluding hydrogens is 319 g/mol. The Hall–Kier alpha value is -1.33. The van der Waals surface area contributed by atoms with Crippen LogP contribution in [0.5, 0.6) is 5.75 Å². The van der Waals surface area contributed by atoms with Crippen molar-refractivity contribution >= 4 is 18.3 Å². The first-order chi connectivity index (χ1) is 10.6. The summed E-state index contributed by atoms with van der Waals surface area (Å²) < 4.78 is 18.3. The number of piperidine rings is 1. The van der Waals surface area contributed by atoms with E-state index in [1.54, 1.807) is 17.0 Å². The zero-order valence-electron chi connectivity index (χ0n) is 13.4. The van der Waals surface area contributed by atoms with Gasteiger partial charge in [-0.05, 0) is 62.0 Å². The van der Waals surface area contributed by atoms with Crippen molar-refractivity contribution in [1.82, 2.24) is 10.2 Å². The lowest BCUT2D eigenvalue weighted by atomic mass is 9.91. The predicted octanol–water partition coefficient (Wildman–Crippen LogP) is 2.47. The highest BCUT2D eigenvalue weighted by molar-refractivity contribution is 5.85. The predicted molar refractivity (Wildman–Crippen MR) is 89.4 cm³/mol. The monoisotopic (exact) mass is 342 g/mol. The Kier molecular flexibility index (Phi) is 5.87. The summed E-state index contributed by atoms with van der Waals surface area (Å²) in [6.07, 6.45) is 3.27. The van der Waals surface area contributed by atoms with Crippen LogP contribution in [0.15, 0.2) is 24.3 Å². The summed E-state index contributed by atoms with van der Waals surface area (Å²) in [5.74, 6) is 0.791. The molecule has 1 aliphatic carbocycles. The number of likely N-dealkylation sites (N-methyl/N-ethyl adjacent to an activating group) is 1. The van der Waals surface area contributed by atoms with Gasteiger partial charge < -0.3 is 15.0 Å². The molecule has 1 aromatic carbocycles. The molecule has 4 nitrogen and oxygen atoms in total. The minimum absolute atomic E-state index is 0. The van der Waals surface area contributed by atoms with Crippen LogP contribution in [-0.2, 0) is 4.79 Å². The van der Waals surface area contributed by atoms with E-state index in [1.165, 1.54) is 12.1 Å². The summed E-state index contributed by atoms with van der Waals surface area (Å²) in [5, 5.41) is 3.35. The lowest BCUT2D eigenvalue weighted by Crippen LogP contribution is -2.36. The fraction of sp³-hybridized carbons (Fsp3) is 0.588. The third kappa shape index (κ3) is 4.15. The van der Waals surface area contributed by atoms with E-state index >= 15 is 0 Å². The number of nitrogens with zero attached hydrogens (tertiary/aromatic N) is 1. The number of hydrogen-bond donors (Lipinski definition) is 1. The second-order valence-corrected chi connectivity index (χ2v) is 6.43. The molecule has 1 atom stereocenters. The van der Waals surface area contributed by atoms with E-state index in [1.807, 2.05) is 7.05 Å². The normalized spacial score (nSPS) is 21.4. The molecule has 0 radical (unpaired) electrons. The van der Waals surface area contributed by atoms with Crippen molar-refractivity contribution in [1.29, 1.82) is 0 Å². The van der Waals surface area contributed by atoms with Crippen LogP contribution in [0.4, 0.5) is 4.39 Å². The quantitative estimate of drug-likeness (QED) is 0.893. The van der Waals surface area contributed by atoms with Gasteiger partial charge in [-0.3, -0.25) is 4.79 Å². The third-order valence-electron chi connectivity index (χ3n) is 4.97. The SMILES string of the molecule is CN(CCOc1ccc(F)cc1)C(=O)C1CC12CCNCC2.Cl. The number of benzene rings is 1. The summed E-state index contributed by atoms with van der Waals surface area (Å²) in [6.45, 7) is 3.04.